The zero-order valence-corrected chi connectivity index (χ0v) is 14.5. The molecular formula is C21H20N2O3. The van der Waals surface area contributed by atoms with Gasteiger partial charge in [0.05, 0.1) is 5.56 Å². The Kier molecular flexibility index (Phi) is 5.49. The molecule has 0 spiro atoms. The molecule has 0 aliphatic rings. The molecule has 3 rings (SSSR count). The third kappa shape index (κ3) is 4.39. The molecule has 1 N–H and O–H groups in total. The van der Waals surface area contributed by atoms with Crippen LogP contribution in [0.3, 0.4) is 0 Å². The summed E-state index contributed by atoms with van der Waals surface area (Å²) < 4.78 is 7.02. The second-order valence-electron chi connectivity index (χ2n) is 5.81. The van der Waals surface area contributed by atoms with E-state index in [1.165, 1.54) is 5.56 Å². The molecule has 0 atom stereocenters. The number of hydrogen-bond donors (Lipinski definition) is 1. The number of anilines is 1. The van der Waals surface area contributed by atoms with Crippen molar-refractivity contribution in [3.8, 4) is 5.69 Å². The average molecular weight is 348 g/mol. The number of esters is 1. The molecule has 1 aromatic heterocycles. The number of aryl methyl sites for hydroxylation is 1. The maximum atomic E-state index is 12.1. The lowest BCUT2D eigenvalue weighted by Crippen LogP contribution is -2.20. The monoisotopic (exact) mass is 348 g/mol. The SMILES string of the molecule is CCc1ccc(NC(=O)COC(=O)c2ccc(-n3cccc3)cc2)cc1. The van der Waals surface area contributed by atoms with Gasteiger partial charge in [0.25, 0.3) is 5.91 Å². The average Bonchev–Trinajstić information content (AvgIpc) is 3.21. The number of hydrogen-bond acceptors (Lipinski definition) is 3. The largest absolute Gasteiger partial charge is 0.452 e. The van der Waals surface area contributed by atoms with E-state index in [1.54, 1.807) is 12.1 Å². The van der Waals surface area contributed by atoms with Gasteiger partial charge in [0, 0.05) is 23.8 Å². The van der Waals surface area contributed by atoms with Gasteiger partial charge in [-0.25, -0.2) is 4.79 Å². The molecule has 5 heteroatoms. The van der Waals surface area contributed by atoms with Crippen molar-refractivity contribution in [2.75, 3.05) is 11.9 Å². The number of carbonyl (C=O) groups excluding carboxylic acids is 2. The van der Waals surface area contributed by atoms with Crippen LogP contribution in [0.25, 0.3) is 5.69 Å². The van der Waals surface area contributed by atoms with Crippen LogP contribution in [0.4, 0.5) is 5.69 Å². The van der Waals surface area contributed by atoms with Crippen LogP contribution in [0.2, 0.25) is 0 Å². The van der Waals surface area contributed by atoms with E-state index >= 15 is 0 Å². The van der Waals surface area contributed by atoms with Gasteiger partial charge < -0.3 is 14.6 Å². The van der Waals surface area contributed by atoms with E-state index in [-0.39, 0.29) is 12.5 Å². The molecule has 26 heavy (non-hydrogen) atoms. The van der Waals surface area contributed by atoms with Gasteiger partial charge in [-0.2, -0.15) is 0 Å². The summed E-state index contributed by atoms with van der Waals surface area (Å²) in [6, 6.07) is 18.4. The van der Waals surface area contributed by atoms with Crippen molar-refractivity contribution < 1.29 is 14.3 Å². The second kappa shape index (κ2) is 8.16. The van der Waals surface area contributed by atoms with Crippen molar-refractivity contribution in [1.29, 1.82) is 0 Å². The summed E-state index contributed by atoms with van der Waals surface area (Å²) in [7, 11) is 0. The maximum absolute atomic E-state index is 12.1. The summed E-state index contributed by atoms with van der Waals surface area (Å²) in [6.07, 6.45) is 4.78. The molecule has 0 saturated carbocycles. The van der Waals surface area contributed by atoms with Crippen molar-refractivity contribution in [1.82, 2.24) is 4.57 Å². The molecule has 0 radical (unpaired) electrons. The standard InChI is InChI=1S/C21H20N2O3/c1-2-16-5-9-18(10-6-16)22-20(24)15-26-21(25)17-7-11-19(12-8-17)23-13-3-4-14-23/h3-14H,2,15H2,1H3,(H,22,24). The predicted molar refractivity (Wildman–Crippen MR) is 101 cm³/mol. The van der Waals surface area contributed by atoms with E-state index in [9.17, 15) is 9.59 Å². The topological polar surface area (TPSA) is 60.3 Å². The van der Waals surface area contributed by atoms with E-state index in [0.717, 1.165) is 12.1 Å². The van der Waals surface area contributed by atoms with Gasteiger partial charge in [0.15, 0.2) is 6.61 Å². The first kappa shape index (κ1) is 17.5. The Morgan fingerprint density at radius 3 is 2.23 bits per heavy atom. The molecule has 0 unspecified atom stereocenters. The fourth-order valence-electron chi connectivity index (χ4n) is 2.51. The van der Waals surface area contributed by atoms with Crippen LogP contribution in [0.5, 0.6) is 0 Å². The zero-order valence-electron chi connectivity index (χ0n) is 14.5. The smallest absolute Gasteiger partial charge is 0.338 e. The summed E-state index contributed by atoms with van der Waals surface area (Å²) >= 11 is 0. The van der Waals surface area contributed by atoms with Gasteiger partial charge in [-0.1, -0.05) is 19.1 Å². The molecule has 3 aromatic rings. The first-order valence-electron chi connectivity index (χ1n) is 8.45. The van der Waals surface area contributed by atoms with Gasteiger partial charge in [-0.05, 0) is 60.5 Å². The first-order chi connectivity index (χ1) is 12.7. The fourth-order valence-corrected chi connectivity index (χ4v) is 2.51. The molecule has 0 fully saturated rings. The highest BCUT2D eigenvalue weighted by Crippen LogP contribution is 2.12. The van der Waals surface area contributed by atoms with Crippen LogP contribution in [-0.2, 0) is 16.0 Å². The summed E-state index contributed by atoms with van der Waals surface area (Å²) in [6.45, 7) is 1.74. The number of carbonyl (C=O) groups is 2. The Morgan fingerprint density at radius 2 is 1.62 bits per heavy atom. The molecular weight excluding hydrogens is 328 g/mol. The fraction of sp³-hybridized carbons (Fsp3) is 0.143. The van der Waals surface area contributed by atoms with Crippen molar-refractivity contribution in [3.05, 3.63) is 84.2 Å². The highest BCUT2D eigenvalue weighted by molar-refractivity contribution is 5.95. The van der Waals surface area contributed by atoms with E-state index in [2.05, 4.69) is 12.2 Å². The van der Waals surface area contributed by atoms with E-state index in [4.69, 9.17) is 4.74 Å². The normalized spacial score (nSPS) is 10.3. The van der Waals surface area contributed by atoms with Crippen molar-refractivity contribution >= 4 is 17.6 Å². The molecule has 2 aromatic carbocycles. The van der Waals surface area contributed by atoms with Gasteiger partial charge in [0.2, 0.25) is 0 Å². The van der Waals surface area contributed by atoms with Gasteiger partial charge in [-0.15, -0.1) is 0 Å². The van der Waals surface area contributed by atoms with Gasteiger partial charge in [-0.3, -0.25) is 4.79 Å². The Morgan fingerprint density at radius 1 is 0.962 bits per heavy atom. The summed E-state index contributed by atoms with van der Waals surface area (Å²) in [5, 5.41) is 2.71. The molecule has 0 aliphatic carbocycles. The van der Waals surface area contributed by atoms with E-state index in [1.807, 2.05) is 65.5 Å². The lowest BCUT2D eigenvalue weighted by Gasteiger charge is -2.08. The third-order valence-corrected chi connectivity index (χ3v) is 3.99. The Hall–Kier alpha value is -3.34. The Balaban J connectivity index is 1.52. The molecule has 0 saturated heterocycles. The Bertz CT molecular complexity index is 867. The van der Waals surface area contributed by atoms with Crippen molar-refractivity contribution in [2.24, 2.45) is 0 Å². The first-order valence-corrected chi connectivity index (χ1v) is 8.45. The minimum Gasteiger partial charge on any atom is -0.452 e. The molecule has 132 valence electrons. The maximum Gasteiger partial charge on any atom is 0.338 e. The van der Waals surface area contributed by atoms with Gasteiger partial charge in [0.1, 0.15) is 0 Å². The molecule has 1 amide bonds. The van der Waals surface area contributed by atoms with Crippen LogP contribution in [-0.4, -0.2) is 23.1 Å². The number of nitrogens with one attached hydrogen (secondary N) is 1. The summed E-state index contributed by atoms with van der Waals surface area (Å²) in [5.74, 6) is -0.896. The van der Waals surface area contributed by atoms with Gasteiger partial charge >= 0.3 is 5.97 Å². The quantitative estimate of drug-likeness (QED) is 0.689. The minimum absolute atomic E-state index is 0.326. The minimum atomic E-state index is -0.527. The number of rotatable bonds is 6. The Labute approximate surface area is 152 Å². The van der Waals surface area contributed by atoms with E-state index in [0.29, 0.717) is 11.3 Å². The van der Waals surface area contributed by atoms with Crippen LogP contribution in [0, 0.1) is 0 Å². The second-order valence-corrected chi connectivity index (χ2v) is 5.81. The van der Waals surface area contributed by atoms with E-state index < -0.39 is 5.97 Å². The lowest BCUT2D eigenvalue weighted by atomic mass is 10.1. The number of benzene rings is 2. The number of nitrogens with zero attached hydrogens (tertiary/aromatic N) is 1. The third-order valence-electron chi connectivity index (χ3n) is 3.99. The number of ether oxygens (including phenoxy) is 1. The molecule has 1 heterocycles. The number of aromatic nitrogens is 1. The molecule has 0 bridgehead atoms. The highest BCUT2D eigenvalue weighted by atomic mass is 16.5. The van der Waals surface area contributed by atoms with Crippen LogP contribution in [0.1, 0.15) is 22.8 Å². The summed E-state index contributed by atoms with van der Waals surface area (Å²) in [4.78, 5) is 24.0. The van der Waals surface area contributed by atoms with Crippen LogP contribution in [0.15, 0.2) is 73.1 Å². The lowest BCUT2D eigenvalue weighted by molar-refractivity contribution is -0.119. The molecule has 5 nitrogen and oxygen atoms in total. The molecule has 0 aliphatic heterocycles. The van der Waals surface area contributed by atoms with Crippen molar-refractivity contribution in [2.45, 2.75) is 13.3 Å². The summed E-state index contributed by atoms with van der Waals surface area (Å²) in [5.41, 5.74) is 3.22. The van der Waals surface area contributed by atoms with Crippen LogP contribution < -0.4 is 5.32 Å². The zero-order chi connectivity index (χ0) is 18.4. The van der Waals surface area contributed by atoms with Crippen molar-refractivity contribution in [3.63, 3.8) is 0 Å². The number of amides is 1. The predicted octanol–water partition coefficient (Wildman–Crippen LogP) is 3.84. The van der Waals surface area contributed by atoms with Crippen LogP contribution >= 0.6 is 0 Å². The highest BCUT2D eigenvalue weighted by Gasteiger charge is 2.10.